The zero-order valence-corrected chi connectivity index (χ0v) is 15.7. The van der Waals surface area contributed by atoms with E-state index < -0.39 is 5.97 Å². The first kappa shape index (κ1) is 18.6. The minimum Gasteiger partial charge on any atom is -0.465 e. The zero-order chi connectivity index (χ0) is 19.4. The van der Waals surface area contributed by atoms with E-state index in [4.69, 9.17) is 9.72 Å². The second-order valence-corrected chi connectivity index (χ2v) is 6.38. The Labute approximate surface area is 158 Å². The summed E-state index contributed by atoms with van der Waals surface area (Å²) in [6.07, 6.45) is 0. The van der Waals surface area contributed by atoms with E-state index in [2.05, 4.69) is 11.4 Å². The van der Waals surface area contributed by atoms with Gasteiger partial charge in [0, 0.05) is 10.9 Å². The van der Waals surface area contributed by atoms with Crippen molar-refractivity contribution < 1.29 is 14.3 Å². The van der Waals surface area contributed by atoms with Crippen molar-refractivity contribution in [2.24, 2.45) is 0 Å². The van der Waals surface area contributed by atoms with E-state index in [1.807, 2.05) is 50.2 Å². The molecule has 3 rings (SSSR count). The summed E-state index contributed by atoms with van der Waals surface area (Å²) in [6, 6.07) is 15.4. The lowest BCUT2D eigenvalue weighted by Crippen LogP contribution is -2.30. The number of para-hydroxylation sites is 1. The number of fused-ring (bicyclic) bond motifs is 1. The van der Waals surface area contributed by atoms with Crippen molar-refractivity contribution in [1.82, 2.24) is 10.3 Å². The van der Waals surface area contributed by atoms with Crippen LogP contribution < -0.4 is 5.32 Å². The number of pyridine rings is 1. The number of carbonyl (C=O) groups is 2. The molecule has 1 amide bonds. The van der Waals surface area contributed by atoms with Crippen LogP contribution in [-0.4, -0.2) is 30.0 Å². The standard InChI is InChI=1S/C22H22N2O3/c1-4-27-21(25)13-23-22(26)18-12-20(16-10-9-14(2)11-15(16)3)24-19-8-6-5-7-17(18)19/h5-12H,4,13H2,1-3H3,(H,23,26). The number of amides is 1. The largest absolute Gasteiger partial charge is 0.465 e. The zero-order valence-electron chi connectivity index (χ0n) is 15.7. The fraction of sp³-hybridized carbons (Fsp3) is 0.227. The normalized spacial score (nSPS) is 10.6. The molecule has 1 aromatic heterocycles. The minimum absolute atomic E-state index is 0.164. The molecule has 1 N–H and O–H groups in total. The molecule has 0 saturated heterocycles. The molecule has 0 aliphatic rings. The fourth-order valence-electron chi connectivity index (χ4n) is 3.06. The van der Waals surface area contributed by atoms with Crippen LogP contribution >= 0.6 is 0 Å². The van der Waals surface area contributed by atoms with Crippen molar-refractivity contribution in [3.8, 4) is 11.3 Å². The predicted molar refractivity (Wildman–Crippen MR) is 106 cm³/mol. The Morgan fingerprint density at radius 2 is 1.85 bits per heavy atom. The average Bonchev–Trinajstić information content (AvgIpc) is 2.65. The number of nitrogens with zero attached hydrogens (tertiary/aromatic N) is 1. The van der Waals surface area contributed by atoms with E-state index in [1.165, 1.54) is 5.56 Å². The topological polar surface area (TPSA) is 68.3 Å². The summed E-state index contributed by atoms with van der Waals surface area (Å²) >= 11 is 0. The van der Waals surface area contributed by atoms with Gasteiger partial charge in [-0.05, 0) is 38.5 Å². The molecule has 0 bridgehead atoms. The van der Waals surface area contributed by atoms with Crippen molar-refractivity contribution in [3.63, 3.8) is 0 Å². The third-order valence-electron chi connectivity index (χ3n) is 4.32. The van der Waals surface area contributed by atoms with Gasteiger partial charge in [-0.3, -0.25) is 9.59 Å². The van der Waals surface area contributed by atoms with E-state index in [-0.39, 0.29) is 19.1 Å². The minimum atomic E-state index is -0.459. The molecule has 0 fully saturated rings. The lowest BCUT2D eigenvalue weighted by atomic mass is 9.99. The summed E-state index contributed by atoms with van der Waals surface area (Å²) in [5.41, 5.74) is 5.19. The van der Waals surface area contributed by atoms with Gasteiger partial charge in [-0.1, -0.05) is 42.0 Å². The molecule has 138 valence electrons. The molecule has 3 aromatic rings. The molecule has 27 heavy (non-hydrogen) atoms. The molecular weight excluding hydrogens is 340 g/mol. The van der Waals surface area contributed by atoms with Gasteiger partial charge in [-0.15, -0.1) is 0 Å². The van der Waals surface area contributed by atoms with Gasteiger partial charge in [0.1, 0.15) is 6.54 Å². The summed E-state index contributed by atoms with van der Waals surface area (Å²) in [5, 5.41) is 3.38. The highest BCUT2D eigenvalue weighted by Gasteiger charge is 2.15. The third-order valence-corrected chi connectivity index (χ3v) is 4.32. The first-order valence-corrected chi connectivity index (χ1v) is 8.91. The number of aryl methyl sites for hydroxylation is 2. The van der Waals surface area contributed by atoms with Crippen molar-refractivity contribution in [2.45, 2.75) is 20.8 Å². The molecule has 1 heterocycles. The molecule has 2 aromatic carbocycles. The number of hydrogen-bond donors (Lipinski definition) is 1. The van der Waals surface area contributed by atoms with Gasteiger partial charge in [0.25, 0.3) is 5.91 Å². The molecule has 0 saturated carbocycles. The van der Waals surface area contributed by atoms with Crippen LogP contribution in [0.2, 0.25) is 0 Å². The van der Waals surface area contributed by atoms with E-state index in [1.54, 1.807) is 13.0 Å². The highest BCUT2D eigenvalue weighted by Crippen LogP contribution is 2.27. The number of nitrogens with one attached hydrogen (secondary N) is 1. The molecule has 5 heteroatoms. The van der Waals surface area contributed by atoms with Crippen molar-refractivity contribution in [3.05, 3.63) is 65.2 Å². The monoisotopic (exact) mass is 362 g/mol. The van der Waals surface area contributed by atoms with E-state index >= 15 is 0 Å². The summed E-state index contributed by atoms with van der Waals surface area (Å²) in [6.45, 7) is 5.91. The molecule has 0 aliphatic carbocycles. The quantitative estimate of drug-likeness (QED) is 0.701. The van der Waals surface area contributed by atoms with Gasteiger partial charge in [0.05, 0.1) is 23.4 Å². The van der Waals surface area contributed by atoms with Crippen molar-refractivity contribution in [1.29, 1.82) is 0 Å². The molecule has 0 atom stereocenters. The maximum atomic E-state index is 12.7. The second kappa shape index (κ2) is 7.99. The number of aromatic nitrogens is 1. The van der Waals surface area contributed by atoms with Gasteiger partial charge in [0.2, 0.25) is 0 Å². The van der Waals surface area contributed by atoms with Crippen molar-refractivity contribution >= 4 is 22.8 Å². The fourth-order valence-corrected chi connectivity index (χ4v) is 3.06. The van der Waals surface area contributed by atoms with Gasteiger partial charge < -0.3 is 10.1 Å². The lowest BCUT2D eigenvalue weighted by Gasteiger charge is -2.12. The Morgan fingerprint density at radius 1 is 1.07 bits per heavy atom. The van der Waals surface area contributed by atoms with Crippen LogP contribution in [0.5, 0.6) is 0 Å². The SMILES string of the molecule is CCOC(=O)CNC(=O)c1cc(-c2ccc(C)cc2C)nc2ccccc12. The smallest absolute Gasteiger partial charge is 0.325 e. The number of ether oxygens (including phenoxy) is 1. The summed E-state index contributed by atoms with van der Waals surface area (Å²) in [5.74, 6) is -0.786. The molecule has 5 nitrogen and oxygen atoms in total. The van der Waals surface area contributed by atoms with Crippen LogP contribution in [0.3, 0.4) is 0 Å². The average molecular weight is 362 g/mol. The molecule has 0 aliphatic heterocycles. The summed E-state index contributed by atoms with van der Waals surface area (Å²) in [4.78, 5) is 29.0. The van der Waals surface area contributed by atoms with Crippen LogP contribution in [0.25, 0.3) is 22.2 Å². The Hall–Kier alpha value is -3.21. The molecular formula is C22H22N2O3. The third kappa shape index (κ3) is 4.14. The van der Waals surface area contributed by atoms with Crippen LogP contribution in [0, 0.1) is 13.8 Å². The Balaban J connectivity index is 2.03. The van der Waals surface area contributed by atoms with Crippen LogP contribution in [0.4, 0.5) is 0 Å². The maximum absolute atomic E-state index is 12.7. The van der Waals surface area contributed by atoms with Gasteiger partial charge in [-0.25, -0.2) is 4.98 Å². The van der Waals surface area contributed by atoms with Crippen molar-refractivity contribution in [2.75, 3.05) is 13.2 Å². The first-order valence-electron chi connectivity index (χ1n) is 8.91. The molecule has 0 unspecified atom stereocenters. The van der Waals surface area contributed by atoms with Crippen LogP contribution in [0.15, 0.2) is 48.5 Å². The Morgan fingerprint density at radius 3 is 2.59 bits per heavy atom. The number of carbonyl (C=O) groups excluding carboxylic acids is 2. The van der Waals surface area contributed by atoms with E-state index in [9.17, 15) is 9.59 Å². The highest BCUT2D eigenvalue weighted by atomic mass is 16.5. The van der Waals surface area contributed by atoms with Gasteiger partial charge in [-0.2, -0.15) is 0 Å². The van der Waals surface area contributed by atoms with E-state index in [0.717, 1.165) is 27.7 Å². The maximum Gasteiger partial charge on any atom is 0.325 e. The highest BCUT2D eigenvalue weighted by molar-refractivity contribution is 6.07. The summed E-state index contributed by atoms with van der Waals surface area (Å²) in [7, 11) is 0. The Kier molecular flexibility index (Phi) is 5.50. The van der Waals surface area contributed by atoms with Crippen LogP contribution in [-0.2, 0) is 9.53 Å². The second-order valence-electron chi connectivity index (χ2n) is 6.38. The van der Waals surface area contributed by atoms with Gasteiger partial charge >= 0.3 is 5.97 Å². The number of esters is 1. The number of hydrogen-bond acceptors (Lipinski definition) is 4. The summed E-state index contributed by atoms with van der Waals surface area (Å²) < 4.78 is 4.87. The first-order chi connectivity index (χ1) is 13.0. The predicted octanol–water partition coefficient (Wildman–Crippen LogP) is 3.81. The van der Waals surface area contributed by atoms with E-state index in [0.29, 0.717) is 5.56 Å². The molecule has 0 spiro atoms. The van der Waals surface area contributed by atoms with Crippen LogP contribution in [0.1, 0.15) is 28.4 Å². The lowest BCUT2D eigenvalue weighted by molar-refractivity contribution is -0.141. The Bertz CT molecular complexity index is 1010. The number of rotatable bonds is 5. The van der Waals surface area contributed by atoms with Gasteiger partial charge in [0.15, 0.2) is 0 Å². The number of benzene rings is 2. The molecule has 0 radical (unpaired) electrons.